The van der Waals surface area contributed by atoms with Crippen LogP contribution < -0.4 is 15.4 Å². The molecular weight excluding hydrogens is 352 g/mol. The van der Waals surface area contributed by atoms with Gasteiger partial charge in [-0.2, -0.15) is 0 Å². The second kappa shape index (κ2) is 9.19. The van der Waals surface area contributed by atoms with E-state index < -0.39 is 0 Å². The lowest BCUT2D eigenvalue weighted by molar-refractivity contribution is 0.340. The molecule has 0 saturated carbocycles. The number of hydrogen-bond acceptors (Lipinski definition) is 2. The first-order valence-corrected chi connectivity index (χ1v) is 9.48. The zero-order chi connectivity index (χ0) is 19.1. The topological polar surface area (TPSA) is 33.3 Å². The normalized spacial score (nSPS) is 11.5. The van der Waals surface area contributed by atoms with Crippen molar-refractivity contribution in [1.29, 1.82) is 0 Å². The summed E-state index contributed by atoms with van der Waals surface area (Å²) in [5.74, 6) is 0.823. The molecule has 4 heteroatoms. The zero-order valence-electron chi connectivity index (χ0n) is 15.6. The highest BCUT2D eigenvalue weighted by atomic mass is 32.1. The maximum atomic E-state index is 5.58. The summed E-state index contributed by atoms with van der Waals surface area (Å²) in [6, 6.07) is 26.6. The van der Waals surface area contributed by atoms with Gasteiger partial charge < -0.3 is 15.4 Å². The highest BCUT2D eigenvalue weighted by Crippen LogP contribution is 2.23. The Kier molecular flexibility index (Phi) is 6.44. The first-order valence-electron chi connectivity index (χ1n) is 9.07. The molecule has 0 spiro atoms. The van der Waals surface area contributed by atoms with Crippen LogP contribution in [0.5, 0.6) is 5.75 Å². The number of thiocarbonyl (C=S) groups is 1. The fourth-order valence-corrected chi connectivity index (χ4v) is 3.13. The molecule has 0 aliphatic carbocycles. The van der Waals surface area contributed by atoms with Crippen molar-refractivity contribution in [2.75, 3.05) is 11.9 Å². The maximum Gasteiger partial charge on any atom is 0.171 e. The molecule has 0 heterocycles. The summed E-state index contributed by atoms with van der Waals surface area (Å²) in [6.07, 6.45) is 0. The quantitative estimate of drug-likeness (QED) is 0.559. The van der Waals surface area contributed by atoms with Crippen molar-refractivity contribution in [3.8, 4) is 5.75 Å². The lowest BCUT2D eigenvalue weighted by Gasteiger charge is -2.22. The molecule has 0 aliphatic heterocycles. The Morgan fingerprint density at radius 3 is 2.33 bits per heavy atom. The van der Waals surface area contributed by atoms with Gasteiger partial charge >= 0.3 is 0 Å². The predicted molar refractivity (Wildman–Crippen MR) is 116 cm³/mol. The van der Waals surface area contributed by atoms with Crippen LogP contribution in [-0.4, -0.2) is 11.7 Å². The van der Waals surface area contributed by atoms with Crippen LogP contribution in [-0.2, 0) is 0 Å². The first kappa shape index (κ1) is 18.9. The van der Waals surface area contributed by atoms with Gasteiger partial charge in [-0.25, -0.2) is 0 Å². The smallest absolute Gasteiger partial charge is 0.171 e. The van der Waals surface area contributed by atoms with Gasteiger partial charge in [0.1, 0.15) is 5.75 Å². The molecule has 1 atom stereocenters. The molecule has 3 rings (SSSR count). The number of anilines is 1. The molecule has 3 aromatic carbocycles. The molecule has 0 amide bonds. The molecule has 138 valence electrons. The van der Waals surface area contributed by atoms with Crippen LogP contribution in [0.25, 0.3) is 0 Å². The first-order chi connectivity index (χ1) is 13.2. The molecule has 0 unspecified atom stereocenters. The van der Waals surface area contributed by atoms with Crippen LogP contribution in [0.3, 0.4) is 0 Å². The lowest BCUT2D eigenvalue weighted by Crippen LogP contribution is -2.33. The summed E-state index contributed by atoms with van der Waals surface area (Å²) < 4.78 is 5.56. The van der Waals surface area contributed by atoms with E-state index in [0.717, 1.165) is 17.0 Å². The second-order valence-corrected chi connectivity index (χ2v) is 6.72. The SMILES string of the molecule is CCOc1cccc(NC(=S)N[C@H](c2ccccc2)c2ccc(C)cc2)c1. The van der Waals surface area contributed by atoms with Crippen LogP contribution in [0.1, 0.15) is 29.7 Å². The number of aryl methyl sites for hydroxylation is 1. The van der Waals surface area contributed by atoms with E-state index in [0.29, 0.717) is 11.7 Å². The minimum absolute atomic E-state index is 0.0260. The van der Waals surface area contributed by atoms with Crippen molar-refractivity contribution < 1.29 is 4.74 Å². The fourth-order valence-electron chi connectivity index (χ4n) is 2.89. The number of ether oxygens (including phenoxy) is 1. The highest BCUT2D eigenvalue weighted by molar-refractivity contribution is 7.80. The Morgan fingerprint density at radius 1 is 0.926 bits per heavy atom. The van der Waals surface area contributed by atoms with E-state index in [2.05, 4.69) is 54.0 Å². The summed E-state index contributed by atoms with van der Waals surface area (Å²) in [5.41, 5.74) is 4.46. The van der Waals surface area contributed by atoms with E-state index >= 15 is 0 Å². The molecule has 27 heavy (non-hydrogen) atoms. The minimum atomic E-state index is -0.0260. The average Bonchev–Trinajstić information content (AvgIpc) is 2.68. The predicted octanol–water partition coefficient (Wildman–Crippen LogP) is 5.47. The molecule has 0 bridgehead atoms. The van der Waals surface area contributed by atoms with Gasteiger partial charge in [-0.1, -0.05) is 66.2 Å². The average molecular weight is 377 g/mol. The number of hydrogen-bond donors (Lipinski definition) is 2. The van der Waals surface area contributed by atoms with Gasteiger partial charge in [-0.15, -0.1) is 0 Å². The van der Waals surface area contributed by atoms with Crippen LogP contribution in [0.2, 0.25) is 0 Å². The van der Waals surface area contributed by atoms with E-state index in [1.165, 1.54) is 11.1 Å². The van der Waals surface area contributed by atoms with Crippen molar-refractivity contribution >= 4 is 23.0 Å². The summed E-state index contributed by atoms with van der Waals surface area (Å²) in [7, 11) is 0. The van der Waals surface area contributed by atoms with E-state index in [1.54, 1.807) is 0 Å². The molecule has 2 N–H and O–H groups in total. The summed E-state index contributed by atoms with van der Waals surface area (Å²) in [6.45, 7) is 4.69. The van der Waals surface area contributed by atoms with Gasteiger partial charge in [0.25, 0.3) is 0 Å². The molecular formula is C23H24N2OS. The highest BCUT2D eigenvalue weighted by Gasteiger charge is 2.15. The lowest BCUT2D eigenvalue weighted by atomic mass is 9.98. The monoisotopic (exact) mass is 376 g/mol. The van der Waals surface area contributed by atoms with E-state index in [1.807, 2.05) is 49.4 Å². The number of rotatable bonds is 6. The van der Waals surface area contributed by atoms with Gasteiger partial charge in [0.2, 0.25) is 0 Å². The van der Waals surface area contributed by atoms with Gasteiger partial charge in [-0.3, -0.25) is 0 Å². The maximum absolute atomic E-state index is 5.58. The molecule has 0 saturated heterocycles. The van der Waals surface area contributed by atoms with Crippen molar-refractivity contribution in [3.63, 3.8) is 0 Å². The van der Waals surface area contributed by atoms with E-state index in [4.69, 9.17) is 17.0 Å². The van der Waals surface area contributed by atoms with Crippen LogP contribution in [0.15, 0.2) is 78.9 Å². The molecule has 0 fully saturated rings. The third-order valence-corrected chi connectivity index (χ3v) is 4.44. The van der Waals surface area contributed by atoms with E-state index in [9.17, 15) is 0 Å². The van der Waals surface area contributed by atoms with E-state index in [-0.39, 0.29) is 6.04 Å². The molecule has 0 aliphatic rings. The van der Waals surface area contributed by atoms with Gasteiger partial charge in [0.15, 0.2) is 5.11 Å². The second-order valence-electron chi connectivity index (χ2n) is 6.31. The minimum Gasteiger partial charge on any atom is -0.494 e. The van der Waals surface area contributed by atoms with Crippen molar-refractivity contribution in [1.82, 2.24) is 5.32 Å². The molecule has 0 aromatic heterocycles. The Bertz CT molecular complexity index is 878. The third-order valence-electron chi connectivity index (χ3n) is 4.22. The van der Waals surface area contributed by atoms with Crippen molar-refractivity contribution in [3.05, 3.63) is 95.6 Å². The zero-order valence-corrected chi connectivity index (χ0v) is 16.4. The summed E-state index contributed by atoms with van der Waals surface area (Å²) in [5, 5.41) is 7.28. The third kappa shape index (κ3) is 5.31. The Morgan fingerprint density at radius 2 is 1.63 bits per heavy atom. The van der Waals surface area contributed by atoms with Gasteiger partial charge in [0.05, 0.1) is 12.6 Å². The van der Waals surface area contributed by atoms with Crippen LogP contribution in [0, 0.1) is 6.92 Å². The van der Waals surface area contributed by atoms with Crippen molar-refractivity contribution in [2.24, 2.45) is 0 Å². The Labute approximate surface area is 166 Å². The summed E-state index contributed by atoms with van der Waals surface area (Å²) >= 11 is 5.58. The number of nitrogens with one attached hydrogen (secondary N) is 2. The van der Waals surface area contributed by atoms with Crippen LogP contribution >= 0.6 is 12.2 Å². The largest absolute Gasteiger partial charge is 0.494 e. The standard InChI is InChI=1S/C23H24N2OS/c1-3-26-21-11-7-10-20(16-21)24-23(27)25-22(18-8-5-4-6-9-18)19-14-12-17(2)13-15-19/h4-16,22H,3H2,1-2H3,(H2,24,25,27)/t22-/m1/s1. The van der Waals surface area contributed by atoms with Crippen LogP contribution in [0.4, 0.5) is 5.69 Å². The summed E-state index contributed by atoms with van der Waals surface area (Å²) in [4.78, 5) is 0. The van der Waals surface area contributed by atoms with Gasteiger partial charge in [-0.05, 0) is 49.3 Å². The Hall–Kier alpha value is -2.85. The molecule has 3 aromatic rings. The van der Waals surface area contributed by atoms with Gasteiger partial charge in [0, 0.05) is 11.8 Å². The molecule has 0 radical (unpaired) electrons. The Balaban J connectivity index is 1.78. The van der Waals surface area contributed by atoms with Crippen molar-refractivity contribution in [2.45, 2.75) is 19.9 Å². The molecule has 3 nitrogen and oxygen atoms in total. The fraction of sp³-hybridized carbons (Fsp3) is 0.174. The number of benzene rings is 3.